The van der Waals surface area contributed by atoms with E-state index in [1.165, 1.54) is 0 Å². The Morgan fingerprint density at radius 3 is 2.90 bits per heavy atom. The highest BCUT2D eigenvalue weighted by molar-refractivity contribution is 5.79. The number of piperazine rings is 1. The van der Waals surface area contributed by atoms with Gasteiger partial charge in [0, 0.05) is 44.1 Å². The Hall–Kier alpha value is -1.89. The summed E-state index contributed by atoms with van der Waals surface area (Å²) in [7, 11) is 0. The van der Waals surface area contributed by atoms with Gasteiger partial charge in [-0.25, -0.2) is 15.8 Å². The second-order valence-electron chi connectivity index (χ2n) is 5.99. The zero-order valence-corrected chi connectivity index (χ0v) is 12.5. The third-order valence-corrected chi connectivity index (χ3v) is 4.21. The van der Waals surface area contributed by atoms with Crippen molar-refractivity contribution in [3.63, 3.8) is 0 Å². The van der Waals surface area contributed by atoms with Gasteiger partial charge in [0.05, 0.1) is 0 Å². The van der Waals surface area contributed by atoms with Gasteiger partial charge in [0.25, 0.3) is 0 Å². The van der Waals surface area contributed by atoms with Crippen LogP contribution in [0.3, 0.4) is 0 Å². The summed E-state index contributed by atoms with van der Waals surface area (Å²) in [6.45, 7) is 6.54. The molecule has 0 aliphatic carbocycles. The van der Waals surface area contributed by atoms with Crippen molar-refractivity contribution in [2.75, 3.05) is 30.0 Å². The molecule has 114 valence electrons. The van der Waals surface area contributed by atoms with Gasteiger partial charge in [-0.1, -0.05) is 13.8 Å². The Balaban J connectivity index is 1.83. The van der Waals surface area contributed by atoms with E-state index in [9.17, 15) is 4.79 Å². The molecule has 1 atom stereocenters. The van der Waals surface area contributed by atoms with E-state index in [0.717, 1.165) is 37.7 Å². The molecule has 7 heteroatoms. The number of nitrogens with one attached hydrogen (secondary N) is 1. The average molecular weight is 290 g/mol. The van der Waals surface area contributed by atoms with Crippen LogP contribution in [-0.4, -0.2) is 46.5 Å². The second kappa shape index (κ2) is 5.48. The quantitative estimate of drug-likeness (QED) is 0.629. The second-order valence-corrected chi connectivity index (χ2v) is 5.99. The van der Waals surface area contributed by atoms with E-state index in [1.54, 1.807) is 0 Å². The van der Waals surface area contributed by atoms with Crippen molar-refractivity contribution in [3.8, 4) is 0 Å². The Labute approximate surface area is 124 Å². The minimum Gasteiger partial charge on any atom is -0.353 e. The summed E-state index contributed by atoms with van der Waals surface area (Å²) >= 11 is 0. The lowest BCUT2D eigenvalue weighted by atomic mass is 10.1. The van der Waals surface area contributed by atoms with Crippen LogP contribution in [0.1, 0.15) is 38.4 Å². The minimum absolute atomic E-state index is 0.242. The molecule has 2 aliphatic heterocycles. The van der Waals surface area contributed by atoms with Crippen molar-refractivity contribution in [1.29, 1.82) is 0 Å². The lowest BCUT2D eigenvalue weighted by Gasteiger charge is -2.38. The van der Waals surface area contributed by atoms with E-state index in [0.29, 0.717) is 18.3 Å². The molecule has 7 nitrogen and oxygen atoms in total. The lowest BCUT2D eigenvalue weighted by Crippen LogP contribution is -2.51. The fourth-order valence-corrected chi connectivity index (χ4v) is 3.02. The summed E-state index contributed by atoms with van der Waals surface area (Å²) < 4.78 is 0. The van der Waals surface area contributed by atoms with Gasteiger partial charge in [-0.15, -0.1) is 0 Å². The van der Waals surface area contributed by atoms with Crippen molar-refractivity contribution in [3.05, 3.63) is 11.9 Å². The van der Waals surface area contributed by atoms with Gasteiger partial charge in [-0.2, -0.15) is 0 Å². The third-order valence-electron chi connectivity index (χ3n) is 4.21. The molecule has 0 spiro atoms. The number of hydrazine groups is 1. The summed E-state index contributed by atoms with van der Waals surface area (Å²) in [6.07, 6.45) is 1.62. The Morgan fingerprint density at radius 2 is 2.19 bits per heavy atom. The zero-order chi connectivity index (χ0) is 15.0. The first-order valence-corrected chi connectivity index (χ1v) is 7.48. The van der Waals surface area contributed by atoms with Gasteiger partial charge in [0.1, 0.15) is 17.5 Å². The normalized spacial score (nSPS) is 21.9. The van der Waals surface area contributed by atoms with Gasteiger partial charge in [0.2, 0.25) is 5.91 Å². The molecule has 2 fully saturated rings. The molecule has 1 unspecified atom stereocenters. The summed E-state index contributed by atoms with van der Waals surface area (Å²) in [4.78, 5) is 25.0. The Morgan fingerprint density at radius 1 is 1.38 bits per heavy atom. The van der Waals surface area contributed by atoms with Gasteiger partial charge in [-0.3, -0.25) is 4.79 Å². The maximum atomic E-state index is 11.8. The van der Waals surface area contributed by atoms with E-state index in [2.05, 4.69) is 34.1 Å². The maximum Gasteiger partial charge on any atom is 0.223 e. The van der Waals surface area contributed by atoms with Crippen molar-refractivity contribution in [1.82, 2.24) is 14.9 Å². The predicted molar refractivity (Wildman–Crippen MR) is 80.9 cm³/mol. The number of fused-ring (bicyclic) bond motifs is 1. The molecule has 2 saturated heterocycles. The Kier molecular flexibility index (Phi) is 3.67. The number of carbonyl (C=O) groups excluding carboxylic acids is 1. The molecule has 0 bridgehead atoms. The van der Waals surface area contributed by atoms with Gasteiger partial charge < -0.3 is 15.2 Å². The van der Waals surface area contributed by atoms with Crippen molar-refractivity contribution in [2.45, 2.75) is 38.6 Å². The molecule has 1 amide bonds. The van der Waals surface area contributed by atoms with Crippen LogP contribution in [0.15, 0.2) is 6.07 Å². The van der Waals surface area contributed by atoms with Crippen LogP contribution in [0.25, 0.3) is 0 Å². The van der Waals surface area contributed by atoms with E-state index < -0.39 is 0 Å². The molecule has 0 aromatic carbocycles. The zero-order valence-electron chi connectivity index (χ0n) is 12.5. The monoisotopic (exact) mass is 290 g/mol. The predicted octanol–water partition coefficient (Wildman–Crippen LogP) is 0.697. The number of anilines is 2. The summed E-state index contributed by atoms with van der Waals surface area (Å²) in [5.41, 5.74) is 2.61. The van der Waals surface area contributed by atoms with Gasteiger partial charge in [0.15, 0.2) is 0 Å². The number of nitrogens with two attached hydrogens (primary N) is 1. The van der Waals surface area contributed by atoms with Crippen molar-refractivity contribution in [2.24, 2.45) is 5.84 Å². The maximum absolute atomic E-state index is 11.8. The number of carbonyl (C=O) groups is 1. The fourth-order valence-electron chi connectivity index (χ4n) is 3.02. The Bertz CT molecular complexity index is 546. The van der Waals surface area contributed by atoms with E-state index in [-0.39, 0.29) is 11.8 Å². The third kappa shape index (κ3) is 2.65. The highest BCUT2D eigenvalue weighted by Crippen LogP contribution is 2.27. The number of aromatic nitrogens is 2. The first-order chi connectivity index (χ1) is 10.1. The topological polar surface area (TPSA) is 87.4 Å². The van der Waals surface area contributed by atoms with Gasteiger partial charge >= 0.3 is 0 Å². The van der Waals surface area contributed by atoms with Crippen LogP contribution in [0.4, 0.5) is 11.6 Å². The number of rotatable bonds is 3. The van der Waals surface area contributed by atoms with Crippen LogP contribution < -0.4 is 16.2 Å². The molecule has 21 heavy (non-hydrogen) atoms. The van der Waals surface area contributed by atoms with E-state index in [4.69, 9.17) is 5.84 Å². The molecule has 1 aromatic rings. The van der Waals surface area contributed by atoms with E-state index >= 15 is 0 Å². The van der Waals surface area contributed by atoms with Crippen LogP contribution >= 0.6 is 0 Å². The smallest absolute Gasteiger partial charge is 0.223 e. The molecule has 0 radical (unpaired) electrons. The first kappa shape index (κ1) is 14.1. The molecule has 3 N–H and O–H groups in total. The number of hydrogen-bond donors (Lipinski definition) is 2. The van der Waals surface area contributed by atoms with Gasteiger partial charge in [-0.05, 0) is 6.42 Å². The summed E-state index contributed by atoms with van der Waals surface area (Å²) in [5, 5.41) is 0. The minimum atomic E-state index is 0.242. The number of amides is 1. The first-order valence-electron chi connectivity index (χ1n) is 7.48. The average Bonchev–Trinajstić information content (AvgIpc) is 2.87. The van der Waals surface area contributed by atoms with Crippen molar-refractivity contribution >= 4 is 17.5 Å². The molecule has 1 aromatic heterocycles. The lowest BCUT2D eigenvalue weighted by molar-refractivity contribution is -0.129. The highest BCUT2D eigenvalue weighted by Gasteiger charge is 2.36. The standard InChI is InChI=1S/C14H22N6O/c1-9(2)14-16-11(18-15)7-12(17-14)19-5-6-20-10(8-19)3-4-13(20)21/h7,9-10H,3-6,8,15H2,1-2H3,(H,16,17,18). The largest absolute Gasteiger partial charge is 0.353 e. The fraction of sp³-hybridized carbons (Fsp3) is 0.643. The van der Waals surface area contributed by atoms with Crippen LogP contribution in [0.5, 0.6) is 0 Å². The van der Waals surface area contributed by atoms with Crippen LogP contribution in [0, 0.1) is 0 Å². The number of nitrogens with zero attached hydrogens (tertiary/aromatic N) is 4. The summed E-state index contributed by atoms with van der Waals surface area (Å²) in [5.74, 6) is 8.34. The van der Waals surface area contributed by atoms with Crippen LogP contribution in [0.2, 0.25) is 0 Å². The molecule has 3 rings (SSSR count). The molecule has 3 heterocycles. The molecule has 0 saturated carbocycles. The SMILES string of the molecule is CC(C)c1nc(NN)cc(N2CCN3C(=O)CCC3C2)n1. The van der Waals surface area contributed by atoms with Crippen molar-refractivity contribution < 1.29 is 4.79 Å². The van der Waals surface area contributed by atoms with E-state index in [1.807, 2.05) is 11.0 Å². The highest BCUT2D eigenvalue weighted by atomic mass is 16.2. The molecule has 2 aliphatic rings. The molecular weight excluding hydrogens is 268 g/mol. The molecular formula is C14H22N6O. The summed E-state index contributed by atoms with van der Waals surface area (Å²) in [6, 6.07) is 2.19. The van der Waals surface area contributed by atoms with Crippen LogP contribution in [-0.2, 0) is 4.79 Å². The number of nitrogen functional groups attached to an aromatic ring is 1. The number of hydrogen-bond acceptors (Lipinski definition) is 6.